The largest absolute Gasteiger partial charge is 0.476 e. The number of nitrogens with two attached hydrogens (primary N) is 1. The van der Waals surface area contributed by atoms with Gasteiger partial charge in [-0.1, -0.05) is 12.8 Å². The molecule has 3 N–H and O–H groups in total. The standard InChI is InChI=1S/C15H23N3O/c16-13-7-8-14(17-9-1-2-11-3-4-11)18-15(13)19-10-12-5-6-12/h7-8,11-12H,1-6,9-10,16H2,(H,17,18). The van der Waals surface area contributed by atoms with E-state index in [0.29, 0.717) is 11.6 Å². The summed E-state index contributed by atoms with van der Waals surface area (Å²) in [6.07, 6.45) is 7.97. The summed E-state index contributed by atoms with van der Waals surface area (Å²) in [4.78, 5) is 4.45. The van der Waals surface area contributed by atoms with E-state index in [0.717, 1.165) is 30.8 Å². The van der Waals surface area contributed by atoms with E-state index in [4.69, 9.17) is 10.5 Å². The molecule has 3 rings (SSSR count). The first-order chi connectivity index (χ1) is 9.31. The van der Waals surface area contributed by atoms with E-state index in [1.54, 1.807) is 0 Å². The van der Waals surface area contributed by atoms with Crippen LogP contribution in [0, 0.1) is 11.8 Å². The van der Waals surface area contributed by atoms with Crippen molar-refractivity contribution < 1.29 is 4.74 Å². The Labute approximate surface area is 114 Å². The summed E-state index contributed by atoms with van der Waals surface area (Å²) in [5, 5.41) is 3.35. The Balaban J connectivity index is 1.46. The van der Waals surface area contributed by atoms with Crippen LogP contribution in [0.15, 0.2) is 12.1 Å². The second-order valence-corrected chi connectivity index (χ2v) is 5.86. The van der Waals surface area contributed by atoms with E-state index in [9.17, 15) is 0 Å². The molecule has 0 amide bonds. The van der Waals surface area contributed by atoms with Crippen LogP contribution in [0.2, 0.25) is 0 Å². The summed E-state index contributed by atoms with van der Waals surface area (Å²) >= 11 is 0. The molecule has 1 aromatic heterocycles. The van der Waals surface area contributed by atoms with Crippen LogP contribution in [0.4, 0.5) is 11.5 Å². The maximum Gasteiger partial charge on any atom is 0.239 e. The number of anilines is 2. The van der Waals surface area contributed by atoms with Crippen molar-refractivity contribution in [3.05, 3.63) is 12.1 Å². The third-order valence-corrected chi connectivity index (χ3v) is 3.83. The van der Waals surface area contributed by atoms with Gasteiger partial charge in [0.05, 0.1) is 12.3 Å². The van der Waals surface area contributed by atoms with Gasteiger partial charge in [0.2, 0.25) is 5.88 Å². The van der Waals surface area contributed by atoms with Gasteiger partial charge in [0, 0.05) is 6.54 Å². The maximum atomic E-state index is 5.88. The topological polar surface area (TPSA) is 60.2 Å². The van der Waals surface area contributed by atoms with Crippen LogP contribution in [0.25, 0.3) is 0 Å². The highest BCUT2D eigenvalue weighted by Gasteiger charge is 2.22. The van der Waals surface area contributed by atoms with E-state index < -0.39 is 0 Å². The fraction of sp³-hybridized carbons (Fsp3) is 0.667. The van der Waals surface area contributed by atoms with Gasteiger partial charge < -0.3 is 15.8 Å². The maximum absolute atomic E-state index is 5.88. The monoisotopic (exact) mass is 261 g/mol. The highest BCUT2D eigenvalue weighted by atomic mass is 16.5. The van der Waals surface area contributed by atoms with Gasteiger partial charge in [0.15, 0.2) is 0 Å². The molecule has 0 aromatic carbocycles. The van der Waals surface area contributed by atoms with Crippen LogP contribution in [0.5, 0.6) is 5.88 Å². The van der Waals surface area contributed by atoms with Gasteiger partial charge in [-0.3, -0.25) is 0 Å². The molecule has 0 spiro atoms. The number of nitrogen functional groups attached to an aromatic ring is 1. The number of nitrogens with zero attached hydrogens (tertiary/aromatic N) is 1. The van der Waals surface area contributed by atoms with Crippen molar-refractivity contribution in [3.8, 4) is 5.88 Å². The molecule has 0 atom stereocenters. The molecule has 4 heteroatoms. The fourth-order valence-electron chi connectivity index (χ4n) is 2.16. The molecule has 2 saturated carbocycles. The molecule has 2 aliphatic rings. The van der Waals surface area contributed by atoms with Crippen molar-refractivity contribution in [2.24, 2.45) is 11.8 Å². The molecule has 2 fully saturated rings. The second kappa shape index (κ2) is 5.68. The summed E-state index contributed by atoms with van der Waals surface area (Å²) in [5.74, 6) is 3.17. The Morgan fingerprint density at radius 1 is 1.21 bits per heavy atom. The molecule has 2 aliphatic carbocycles. The Morgan fingerprint density at radius 3 is 2.74 bits per heavy atom. The number of ether oxygens (including phenoxy) is 1. The van der Waals surface area contributed by atoms with Crippen LogP contribution >= 0.6 is 0 Å². The van der Waals surface area contributed by atoms with E-state index in [-0.39, 0.29) is 0 Å². The Morgan fingerprint density at radius 2 is 2.00 bits per heavy atom. The number of pyridine rings is 1. The normalized spacial score (nSPS) is 18.3. The fourth-order valence-corrected chi connectivity index (χ4v) is 2.16. The average molecular weight is 261 g/mol. The van der Waals surface area contributed by atoms with Crippen molar-refractivity contribution in [1.82, 2.24) is 4.98 Å². The van der Waals surface area contributed by atoms with Crippen molar-refractivity contribution in [1.29, 1.82) is 0 Å². The van der Waals surface area contributed by atoms with Crippen LogP contribution in [-0.2, 0) is 0 Å². The third-order valence-electron chi connectivity index (χ3n) is 3.83. The van der Waals surface area contributed by atoms with Crippen LogP contribution in [0.3, 0.4) is 0 Å². The van der Waals surface area contributed by atoms with Crippen LogP contribution in [0.1, 0.15) is 38.5 Å². The van der Waals surface area contributed by atoms with Gasteiger partial charge in [0.1, 0.15) is 5.82 Å². The zero-order valence-corrected chi connectivity index (χ0v) is 11.4. The summed E-state index contributed by atoms with van der Waals surface area (Å²) in [5.41, 5.74) is 6.51. The Bertz CT molecular complexity index is 427. The molecular formula is C15H23N3O. The van der Waals surface area contributed by atoms with Gasteiger partial charge in [0.25, 0.3) is 0 Å². The van der Waals surface area contributed by atoms with Gasteiger partial charge >= 0.3 is 0 Å². The first-order valence-electron chi connectivity index (χ1n) is 7.44. The zero-order valence-electron chi connectivity index (χ0n) is 11.4. The molecular weight excluding hydrogens is 238 g/mol. The van der Waals surface area contributed by atoms with Gasteiger partial charge in [-0.15, -0.1) is 0 Å². The predicted octanol–water partition coefficient (Wildman–Crippen LogP) is 3.05. The highest BCUT2D eigenvalue weighted by Crippen LogP contribution is 2.33. The lowest BCUT2D eigenvalue weighted by Gasteiger charge is -2.10. The molecule has 0 aliphatic heterocycles. The molecule has 104 valence electrons. The summed E-state index contributed by atoms with van der Waals surface area (Å²) in [7, 11) is 0. The van der Waals surface area contributed by atoms with Crippen molar-refractivity contribution in [3.63, 3.8) is 0 Å². The lowest BCUT2D eigenvalue weighted by molar-refractivity contribution is 0.290. The van der Waals surface area contributed by atoms with Gasteiger partial charge in [-0.2, -0.15) is 4.98 Å². The molecule has 0 radical (unpaired) electrons. The predicted molar refractivity (Wildman–Crippen MR) is 77.3 cm³/mol. The first kappa shape index (κ1) is 12.6. The minimum atomic E-state index is 0.582. The smallest absolute Gasteiger partial charge is 0.239 e. The SMILES string of the molecule is Nc1ccc(NCCCC2CC2)nc1OCC1CC1. The van der Waals surface area contributed by atoms with Crippen molar-refractivity contribution in [2.45, 2.75) is 38.5 Å². The zero-order chi connectivity index (χ0) is 13.1. The Hall–Kier alpha value is -1.45. The quantitative estimate of drug-likeness (QED) is 0.706. The molecule has 1 aromatic rings. The van der Waals surface area contributed by atoms with E-state index in [1.165, 1.54) is 38.5 Å². The lowest BCUT2D eigenvalue weighted by atomic mass is 10.2. The number of hydrogen-bond acceptors (Lipinski definition) is 4. The molecule has 0 bridgehead atoms. The van der Waals surface area contributed by atoms with Gasteiger partial charge in [-0.05, 0) is 49.7 Å². The molecule has 19 heavy (non-hydrogen) atoms. The summed E-state index contributed by atoms with van der Waals surface area (Å²) in [6.45, 7) is 1.73. The molecule has 4 nitrogen and oxygen atoms in total. The number of nitrogens with one attached hydrogen (secondary N) is 1. The molecule has 1 heterocycles. The second-order valence-electron chi connectivity index (χ2n) is 5.86. The Kier molecular flexibility index (Phi) is 3.76. The summed E-state index contributed by atoms with van der Waals surface area (Å²) in [6, 6.07) is 3.80. The van der Waals surface area contributed by atoms with Crippen molar-refractivity contribution >= 4 is 11.5 Å². The van der Waals surface area contributed by atoms with E-state index >= 15 is 0 Å². The highest BCUT2D eigenvalue weighted by molar-refractivity contribution is 5.53. The van der Waals surface area contributed by atoms with Gasteiger partial charge in [-0.25, -0.2) is 0 Å². The van der Waals surface area contributed by atoms with Crippen LogP contribution < -0.4 is 15.8 Å². The third kappa shape index (κ3) is 4.01. The number of rotatable bonds is 8. The lowest BCUT2D eigenvalue weighted by Crippen LogP contribution is -2.07. The first-order valence-corrected chi connectivity index (χ1v) is 7.44. The summed E-state index contributed by atoms with van der Waals surface area (Å²) < 4.78 is 5.68. The number of aromatic nitrogens is 1. The minimum absolute atomic E-state index is 0.582. The van der Waals surface area contributed by atoms with E-state index in [2.05, 4.69) is 10.3 Å². The van der Waals surface area contributed by atoms with Crippen LogP contribution in [-0.4, -0.2) is 18.1 Å². The number of hydrogen-bond donors (Lipinski definition) is 2. The minimum Gasteiger partial charge on any atom is -0.476 e. The molecule has 0 unspecified atom stereocenters. The van der Waals surface area contributed by atoms with E-state index in [1.807, 2.05) is 12.1 Å². The molecule has 0 saturated heterocycles. The van der Waals surface area contributed by atoms with Crippen molar-refractivity contribution in [2.75, 3.05) is 24.2 Å². The average Bonchev–Trinajstić information content (AvgIpc) is 3.28.